The van der Waals surface area contributed by atoms with Crippen LogP contribution in [-0.4, -0.2) is 35.9 Å². The standard InChI is InChI=1S/C28H23NO7/c1-3-35-26(31)28(27(32)36-4-2)22-13-9-8-12-21(22)23(24(28)18-10-6-5-7-11-18)25(30)19-14-16-20(17-15-19)29(33)34/h5-17H,3-4H2,1-2H3. The van der Waals surface area contributed by atoms with E-state index in [-0.39, 0.29) is 41.2 Å². The second kappa shape index (κ2) is 9.95. The zero-order valence-corrected chi connectivity index (χ0v) is 19.7. The molecular formula is C28H23NO7. The van der Waals surface area contributed by atoms with Crippen LogP contribution < -0.4 is 0 Å². The third-order valence-corrected chi connectivity index (χ3v) is 6.02. The highest BCUT2D eigenvalue weighted by atomic mass is 16.6. The van der Waals surface area contributed by atoms with Gasteiger partial charge in [-0.15, -0.1) is 0 Å². The van der Waals surface area contributed by atoms with Gasteiger partial charge in [0, 0.05) is 28.8 Å². The van der Waals surface area contributed by atoms with Crippen molar-refractivity contribution in [1.82, 2.24) is 0 Å². The summed E-state index contributed by atoms with van der Waals surface area (Å²) in [6.07, 6.45) is 0. The molecule has 0 bridgehead atoms. The van der Waals surface area contributed by atoms with Crippen LogP contribution in [0.4, 0.5) is 5.69 Å². The summed E-state index contributed by atoms with van der Waals surface area (Å²) in [7, 11) is 0. The van der Waals surface area contributed by atoms with Gasteiger partial charge in [0.25, 0.3) is 5.69 Å². The van der Waals surface area contributed by atoms with Crippen LogP contribution in [-0.2, 0) is 24.5 Å². The maximum atomic E-state index is 14.0. The largest absolute Gasteiger partial charge is 0.465 e. The summed E-state index contributed by atoms with van der Waals surface area (Å²) in [5, 5.41) is 11.1. The van der Waals surface area contributed by atoms with Gasteiger partial charge in [0.2, 0.25) is 5.41 Å². The Morgan fingerprint density at radius 1 is 0.806 bits per heavy atom. The van der Waals surface area contributed by atoms with Crippen LogP contribution in [0, 0.1) is 10.1 Å². The minimum atomic E-state index is -2.03. The number of ether oxygens (including phenoxy) is 2. The van der Waals surface area contributed by atoms with Crippen LogP contribution >= 0.6 is 0 Å². The molecule has 0 amide bonds. The van der Waals surface area contributed by atoms with Crippen LogP contribution in [0.1, 0.15) is 40.9 Å². The van der Waals surface area contributed by atoms with Crippen molar-refractivity contribution in [2.45, 2.75) is 19.3 Å². The number of nitrogens with zero attached hydrogens (tertiary/aromatic N) is 1. The molecule has 1 aliphatic carbocycles. The highest BCUT2D eigenvalue weighted by Gasteiger charge is 2.60. The maximum absolute atomic E-state index is 14.0. The van der Waals surface area contributed by atoms with E-state index in [2.05, 4.69) is 0 Å². The van der Waals surface area contributed by atoms with Crippen molar-refractivity contribution in [2.75, 3.05) is 13.2 Å². The Labute approximate surface area is 207 Å². The molecule has 0 heterocycles. The first-order valence-corrected chi connectivity index (χ1v) is 11.4. The van der Waals surface area contributed by atoms with Crippen molar-refractivity contribution in [2.24, 2.45) is 0 Å². The summed E-state index contributed by atoms with van der Waals surface area (Å²) in [5.41, 5.74) is -0.594. The van der Waals surface area contributed by atoms with Gasteiger partial charge in [-0.1, -0.05) is 54.6 Å². The van der Waals surface area contributed by atoms with E-state index in [1.165, 1.54) is 24.3 Å². The van der Waals surface area contributed by atoms with Gasteiger partial charge in [-0.25, -0.2) is 0 Å². The number of rotatable bonds is 8. The van der Waals surface area contributed by atoms with Crippen molar-refractivity contribution in [1.29, 1.82) is 0 Å². The van der Waals surface area contributed by atoms with E-state index in [1.54, 1.807) is 68.4 Å². The molecule has 0 aliphatic heterocycles. The lowest BCUT2D eigenvalue weighted by Gasteiger charge is -2.29. The molecule has 8 nitrogen and oxygen atoms in total. The number of esters is 2. The number of ketones is 1. The van der Waals surface area contributed by atoms with E-state index in [0.29, 0.717) is 11.1 Å². The lowest BCUT2D eigenvalue weighted by molar-refractivity contribution is -0.384. The third kappa shape index (κ3) is 3.86. The zero-order valence-electron chi connectivity index (χ0n) is 19.7. The van der Waals surface area contributed by atoms with Crippen LogP contribution in [0.5, 0.6) is 0 Å². The Balaban J connectivity index is 2.09. The topological polar surface area (TPSA) is 113 Å². The number of allylic oxidation sites excluding steroid dienone is 1. The molecule has 36 heavy (non-hydrogen) atoms. The van der Waals surface area contributed by atoms with Crippen molar-refractivity contribution in [3.05, 3.63) is 111 Å². The summed E-state index contributed by atoms with van der Waals surface area (Å²) >= 11 is 0. The van der Waals surface area contributed by atoms with E-state index in [0.717, 1.165) is 0 Å². The van der Waals surface area contributed by atoms with E-state index in [1.807, 2.05) is 0 Å². The van der Waals surface area contributed by atoms with Crippen molar-refractivity contribution in [3.63, 3.8) is 0 Å². The van der Waals surface area contributed by atoms with Gasteiger partial charge in [-0.2, -0.15) is 0 Å². The Hall–Kier alpha value is -4.59. The molecule has 182 valence electrons. The van der Waals surface area contributed by atoms with Crippen molar-refractivity contribution >= 4 is 34.6 Å². The average Bonchev–Trinajstić information content (AvgIpc) is 3.21. The monoisotopic (exact) mass is 485 g/mol. The molecular weight excluding hydrogens is 462 g/mol. The van der Waals surface area contributed by atoms with Gasteiger partial charge >= 0.3 is 11.9 Å². The molecule has 8 heteroatoms. The van der Waals surface area contributed by atoms with Crippen LogP contribution in [0.3, 0.4) is 0 Å². The molecule has 4 rings (SSSR count). The molecule has 0 fully saturated rings. The summed E-state index contributed by atoms with van der Waals surface area (Å²) in [5.74, 6) is -2.19. The molecule has 0 N–H and O–H groups in total. The van der Waals surface area contributed by atoms with Crippen LogP contribution in [0.2, 0.25) is 0 Å². The number of non-ortho nitro benzene ring substituents is 1. The minimum absolute atomic E-state index is 0.00978. The summed E-state index contributed by atoms with van der Waals surface area (Å²) < 4.78 is 10.8. The molecule has 0 aromatic heterocycles. The highest BCUT2D eigenvalue weighted by Crippen LogP contribution is 2.53. The van der Waals surface area contributed by atoms with Gasteiger partial charge in [0.05, 0.1) is 18.1 Å². The number of nitro benzene ring substituents is 1. The molecule has 0 saturated heterocycles. The molecule has 0 atom stereocenters. The Bertz CT molecular complexity index is 1360. The fourth-order valence-corrected chi connectivity index (χ4v) is 4.55. The number of hydrogen-bond acceptors (Lipinski definition) is 7. The van der Waals surface area contributed by atoms with Gasteiger partial charge in [0.1, 0.15) is 0 Å². The molecule has 0 saturated carbocycles. The number of hydrogen-bond donors (Lipinski definition) is 0. The van der Waals surface area contributed by atoms with Gasteiger partial charge in [-0.3, -0.25) is 24.5 Å². The molecule has 0 unspecified atom stereocenters. The van der Waals surface area contributed by atoms with Crippen molar-refractivity contribution in [3.8, 4) is 0 Å². The first kappa shape index (κ1) is 24.5. The smallest absolute Gasteiger partial charge is 0.332 e. The molecule has 0 radical (unpaired) electrons. The first-order chi connectivity index (χ1) is 17.4. The highest BCUT2D eigenvalue weighted by molar-refractivity contribution is 6.42. The van der Waals surface area contributed by atoms with Crippen LogP contribution in [0.25, 0.3) is 11.1 Å². The predicted octanol–water partition coefficient (Wildman–Crippen LogP) is 4.77. The lowest BCUT2D eigenvalue weighted by atomic mass is 9.74. The van der Waals surface area contributed by atoms with E-state index >= 15 is 0 Å². The van der Waals surface area contributed by atoms with E-state index in [4.69, 9.17) is 9.47 Å². The van der Waals surface area contributed by atoms with E-state index < -0.39 is 28.1 Å². The molecule has 3 aromatic carbocycles. The third-order valence-electron chi connectivity index (χ3n) is 6.02. The Morgan fingerprint density at radius 3 is 1.92 bits per heavy atom. The fraction of sp³-hybridized carbons (Fsp3) is 0.179. The minimum Gasteiger partial charge on any atom is -0.465 e. The van der Waals surface area contributed by atoms with E-state index in [9.17, 15) is 24.5 Å². The number of fused-ring (bicyclic) bond motifs is 1. The molecule has 0 spiro atoms. The lowest BCUT2D eigenvalue weighted by Crippen LogP contribution is -2.46. The first-order valence-electron chi connectivity index (χ1n) is 11.4. The summed E-state index contributed by atoms with van der Waals surface area (Å²) in [6.45, 7) is 3.28. The SMILES string of the molecule is CCOC(=O)C1(C(=O)OCC)C(c2ccccc2)=C(C(=O)c2ccc([N+](=O)[O-])cc2)c2ccccc21. The number of Topliss-reactive ketones (excluding diaryl/α,β-unsaturated/α-hetero) is 1. The average molecular weight is 485 g/mol. The second-order valence-electron chi connectivity index (χ2n) is 7.99. The summed E-state index contributed by atoms with van der Waals surface area (Å²) in [4.78, 5) is 52.0. The fourth-order valence-electron chi connectivity index (χ4n) is 4.55. The number of carbonyl (C=O) groups excluding carboxylic acids is 3. The number of benzene rings is 3. The van der Waals surface area contributed by atoms with Crippen molar-refractivity contribution < 1.29 is 28.8 Å². The Morgan fingerprint density at radius 2 is 1.36 bits per heavy atom. The Kier molecular flexibility index (Phi) is 6.78. The predicted molar refractivity (Wildman–Crippen MR) is 132 cm³/mol. The molecule has 3 aromatic rings. The number of carbonyl (C=O) groups is 3. The van der Waals surface area contributed by atoms with Gasteiger partial charge in [-0.05, 0) is 42.7 Å². The maximum Gasteiger partial charge on any atom is 0.332 e. The van der Waals surface area contributed by atoms with Gasteiger partial charge in [0.15, 0.2) is 5.78 Å². The zero-order chi connectivity index (χ0) is 25.9. The quantitative estimate of drug-likeness (QED) is 0.149. The summed E-state index contributed by atoms with van der Waals surface area (Å²) in [6, 6.07) is 20.5. The van der Waals surface area contributed by atoms with Crippen LogP contribution in [0.15, 0.2) is 78.9 Å². The molecule has 1 aliphatic rings. The number of nitro groups is 1. The second-order valence-corrected chi connectivity index (χ2v) is 7.99. The van der Waals surface area contributed by atoms with Gasteiger partial charge < -0.3 is 9.47 Å². The normalized spacial score (nSPS) is 13.6.